The van der Waals surface area contributed by atoms with E-state index in [2.05, 4.69) is 16.0 Å². The zero-order valence-corrected chi connectivity index (χ0v) is 10.9. The number of hydrogen-bond acceptors (Lipinski definition) is 2. The lowest BCUT2D eigenvalue weighted by molar-refractivity contribution is 0.0964. The van der Waals surface area contributed by atoms with Crippen molar-refractivity contribution in [1.29, 1.82) is 0 Å². The topological polar surface area (TPSA) is 70.2 Å². The third kappa shape index (κ3) is 4.08. The fourth-order valence-corrected chi connectivity index (χ4v) is 1.39. The highest BCUT2D eigenvalue weighted by Gasteiger charge is 2.11. The molecule has 0 saturated heterocycles. The Kier molecular flexibility index (Phi) is 5.17. The van der Waals surface area contributed by atoms with E-state index in [4.69, 9.17) is 0 Å². The van der Waals surface area contributed by atoms with Crippen molar-refractivity contribution in [2.45, 2.75) is 13.8 Å². The molecule has 0 aliphatic carbocycles. The van der Waals surface area contributed by atoms with E-state index in [1.165, 1.54) is 0 Å². The van der Waals surface area contributed by atoms with Crippen LogP contribution in [0.2, 0.25) is 0 Å². The standard InChI is InChI=1S/C13H19N3O2/c1-9(2)8-15-13(18)16-11-7-5-4-6-10(11)12(17)14-3/h4-7,9H,8H2,1-3H3,(H,14,17)(H2,15,16,18). The number of urea groups is 1. The van der Waals surface area contributed by atoms with E-state index in [-0.39, 0.29) is 11.9 Å². The zero-order chi connectivity index (χ0) is 13.5. The second-order valence-corrected chi connectivity index (χ2v) is 4.35. The lowest BCUT2D eigenvalue weighted by atomic mass is 10.1. The van der Waals surface area contributed by atoms with Crippen LogP contribution in [0.3, 0.4) is 0 Å². The van der Waals surface area contributed by atoms with Crippen molar-refractivity contribution in [3.05, 3.63) is 29.8 Å². The molecule has 3 N–H and O–H groups in total. The van der Waals surface area contributed by atoms with Gasteiger partial charge in [0.05, 0.1) is 11.3 Å². The van der Waals surface area contributed by atoms with Gasteiger partial charge in [0.2, 0.25) is 0 Å². The molecule has 3 amide bonds. The molecule has 0 aromatic heterocycles. The molecule has 0 unspecified atom stereocenters. The summed E-state index contributed by atoms with van der Waals surface area (Å²) in [7, 11) is 1.55. The first-order chi connectivity index (χ1) is 8.54. The van der Waals surface area contributed by atoms with Gasteiger partial charge in [-0.15, -0.1) is 0 Å². The third-order valence-corrected chi connectivity index (χ3v) is 2.32. The normalized spacial score (nSPS) is 10.0. The number of nitrogens with one attached hydrogen (secondary N) is 3. The molecular formula is C13H19N3O2. The molecule has 0 fully saturated rings. The second-order valence-electron chi connectivity index (χ2n) is 4.35. The summed E-state index contributed by atoms with van der Waals surface area (Å²) in [5.41, 5.74) is 0.942. The van der Waals surface area contributed by atoms with Crippen LogP contribution in [-0.2, 0) is 0 Å². The highest BCUT2D eigenvalue weighted by Crippen LogP contribution is 2.14. The van der Waals surface area contributed by atoms with Gasteiger partial charge in [0.15, 0.2) is 0 Å². The monoisotopic (exact) mass is 249 g/mol. The van der Waals surface area contributed by atoms with Gasteiger partial charge in [-0.25, -0.2) is 4.79 Å². The van der Waals surface area contributed by atoms with Crippen LogP contribution in [0.15, 0.2) is 24.3 Å². The molecule has 98 valence electrons. The fraction of sp³-hybridized carbons (Fsp3) is 0.385. The Morgan fingerprint density at radius 2 is 1.89 bits per heavy atom. The minimum Gasteiger partial charge on any atom is -0.355 e. The molecule has 1 rings (SSSR count). The van der Waals surface area contributed by atoms with E-state index >= 15 is 0 Å². The number of carbonyl (C=O) groups excluding carboxylic acids is 2. The van der Waals surface area contributed by atoms with E-state index in [0.29, 0.717) is 23.7 Å². The third-order valence-electron chi connectivity index (χ3n) is 2.32. The number of para-hydroxylation sites is 1. The largest absolute Gasteiger partial charge is 0.355 e. The molecule has 0 heterocycles. The number of anilines is 1. The van der Waals surface area contributed by atoms with E-state index in [0.717, 1.165) is 0 Å². The molecular weight excluding hydrogens is 230 g/mol. The Labute approximate surface area is 107 Å². The molecule has 1 aromatic carbocycles. The molecule has 0 aliphatic heterocycles. The summed E-state index contributed by atoms with van der Waals surface area (Å²) in [6.07, 6.45) is 0. The Morgan fingerprint density at radius 1 is 1.22 bits per heavy atom. The summed E-state index contributed by atoms with van der Waals surface area (Å²) in [5.74, 6) is 0.152. The number of carbonyl (C=O) groups is 2. The van der Waals surface area contributed by atoms with Crippen LogP contribution in [0.4, 0.5) is 10.5 Å². The molecule has 1 aromatic rings. The fourth-order valence-electron chi connectivity index (χ4n) is 1.39. The van der Waals surface area contributed by atoms with Crippen molar-refractivity contribution in [3.8, 4) is 0 Å². The predicted molar refractivity (Wildman–Crippen MR) is 71.7 cm³/mol. The van der Waals surface area contributed by atoms with Crippen molar-refractivity contribution in [2.75, 3.05) is 18.9 Å². The van der Waals surface area contributed by atoms with Crippen LogP contribution in [0.5, 0.6) is 0 Å². The van der Waals surface area contributed by atoms with E-state index in [1.54, 1.807) is 31.3 Å². The van der Waals surface area contributed by atoms with Crippen molar-refractivity contribution in [3.63, 3.8) is 0 Å². The first-order valence-corrected chi connectivity index (χ1v) is 5.90. The van der Waals surface area contributed by atoms with Gasteiger partial charge in [-0.3, -0.25) is 4.79 Å². The molecule has 0 spiro atoms. The van der Waals surface area contributed by atoms with Crippen LogP contribution in [0.25, 0.3) is 0 Å². The van der Waals surface area contributed by atoms with Crippen LogP contribution < -0.4 is 16.0 Å². The van der Waals surface area contributed by atoms with E-state index in [1.807, 2.05) is 13.8 Å². The minimum absolute atomic E-state index is 0.227. The maximum atomic E-state index is 11.6. The maximum Gasteiger partial charge on any atom is 0.319 e. The van der Waals surface area contributed by atoms with Gasteiger partial charge in [0.25, 0.3) is 5.91 Å². The van der Waals surface area contributed by atoms with Gasteiger partial charge in [-0.2, -0.15) is 0 Å². The lowest BCUT2D eigenvalue weighted by Crippen LogP contribution is -2.32. The smallest absolute Gasteiger partial charge is 0.319 e. The molecule has 5 nitrogen and oxygen atoms in total. The minimum atomic E-state index is -0.306. The molecule has 0 saturated carbocycles. The first kappa shape index (κ1) is 14.0. The number of hydrogen-bond donors (Lipinski definition) is 3. The maximum absolute atomic E-state index is 11.6. The highest BCUT2D eigenvalue weighted by molar-refractivity contribution is 6.03. The van der Waals surface area contributed by atoms with Gasteiger partial charge in [-0.05, 0) is 18.1 Å². The summed E-state index contributed by atoms with van der Waals surface area (Å²) in [6, 6.07) is 6.57. The first-order valence-electron chi connectivity index (χ1n) is 5.90. The molecule has 0 aliphatic rings. The van der Waals surface area contributed by atoms with Gasteiger partial charge < -0.3 is 16.0 Å². The Morgan fingerprint density at radius 3 is 2.50 bits per heavy atom. The van der Waals surface area contributed by atoms with E-state index in [9.17, 15) is 9.59 Å². The van der Waals surface area contributed by atoms with Crippen molar-refractivity contribution in [1.82, 2.24) is 10.6 Å². The van der Waals surface area contributed by atoms with Crippen LogP contribution in [-0.4, -0.2) is 25.5 Å². The van der Waals surface area contributed by atoms with Crippen LogP contribution >= 0.6 is 0 Å². The van der Waals surface area contributed by atoms with Crippen LogP contribution in [0.1, 0.15) is 24.2 Å². The van der Waals surface area contributed by atoms with Gasteiger partial charge in [-0.1, -0.05) is 26.0 Å². The lowest BCUT2D eigenvalue weighted by Gasteiger charge is -2.12. The molecule has 18 heavy (non-hydrogen) atoms. The molecule has 0 atom stereocenters. The number of benzene rings is 1. The van der Waals surface area contributed by atoms with Gasteiger partial charge >= 0.3 is 6.03 Å². The summed E-state index contributed by atoms with van der Waals surface area (Å²) in [4.78, 5) is 23.2. The molecule has 0 bridgehead atoms. The van der Waals surface area contributed by atoms with E-state index < -0.39 is 0 Å². The quantitative estimate of drug-likeness (QED) is 0.761. The molecule has 5 heteroatoms. The summed E-state index contributed by atoms with van der Waals surface area (Å²) < 4.78 is 0. The second kappa shape index (κ2) is 6.64. The van der Waals surface area contributed by atoms with Gasteiger partial charge in [0, 0.05) is 13.6 Å². The Balaban J connectivity index is 2.72. The van der Waals surface area contributed by atoms with Gasteiger partial charge in [0.1, 0.15) is 0 Å². The predicted octanol–water partition coefficient (Wildman–Crippen LogP) is 1.82. The van der Waals surface area contributed by atoms with Crippen LogP contribution in [0, 0.1) is 5.92 Å². The SMILES string of the molecule is CNC(=O)c1ccccc1NC(=O)NCC(C)C. The summed E-state index contributed by atoms with van der Waals surface area (Å²) in [5, 5.41) is 7.94. The highest BCUT2D eigenvalue weighted by atomic mass is 16.2. The number of amides is 3. The number of rotatable bonds is 4. The summed E-state index contributed by atoms with van der Waals surface area (Å²) in [6.45, 7) is 4.62. The average Bonchev–Trinajstić information content (AvgIpc) is 2.36. The zero-order valence-electron chi connectivity index (χ0n) is 10.9. The molecule has 0 radical (unpaired) electrons. The average molecular weight is 249 g/mol. The van der Waals surface area contributed by atoms with Crippen molar-refractivity contribution in [2.24, 2.45) is 5.92 Å². The Hall–Kier alpha value is -2.04. The Bertz CT molecular complexity index is 430. The van der Waals surface area contributed by atoms with Crippen molar-refractivity contribution < 1.29 is 9.59 Å². The van der Waals surface area contributed by atoms with Crippen molar-refractivity contribution >= 4 is 17.6 Å². The summed E-state index contributed by atoms with van der Waals surface area (Å²) >= 11 is 0.